The van der Waals surface area contributed by atoms with Crippen LogP contribution in [0, 0.1) is 5.82 Å². The van der Waals surface area contributed by atoms with Crippen LogP contribution in [0.3, 0.4) is 0 Å². The maximum Gasteiger partial charge on any atom is 0.225 e. The van der Waals surface area contributed by atoms with Gasteiger partial charge < -0.3 is 15.4 Å². The molecule has 1 fully saturated rings. The number of halogens is 3. The molecular weight excluding hydrogens is 486 g/mol. The summed E-state index contributed by atoms with van der Waals surface area (Å²) in [5.41, 5.74) is 2.92. The van der Waals surface area contributed by atoms with Crippen LogP contribution in [0.1, 0.15) is 42.4 Å². The highest BCUT2D eigenvalue weighted by Crippen LogP contribution is 2.31. The molecule has 3 aromatic carbocycles. The van der Waals surface area contributed by atoms with Gasteiger partial charge in [0.15, 0.2) is 0 Å². The number of benzene rings is 3. The maximum atomic E-state index is 14.8. The zero-order valence-electron chi connectivity index (χ0n) is 19.6. The molecule has 2 N–H and O–H groups in total. The fourth-order valence-corrected chi connectivity index (χ4v) is 4.61. The van der Waals surface area contributed by atoms with Gasteiger partial charge in [0, 0.05) is 46.2 Å². The summed E-state index contributed by atoms with van der Waals surface area (Å²) in [6.07, 6.45) is 1.35. The Balaban J connectivity index is 1.49. The standard InChI is InChI=1S/C28H29Cl2FN2O2/c1-18-17-35-23(16-32-18)13-14-24-26(31)3-2-4-27(24)33-28(34)15-25(19-5-9-21(29)10-6-19)20-7-11-22(30)12-8-20/h2-12,18,23,25,32H,13-17H2,1H3,(H,33,34)/t18-,23-/m1/s1. The summed E-state index contributed by atoms with van der Waals surface area (Å²) in [6.45, 7) is 3.45. The number of carbonyl (C=O) groups excluding carboxylic acids is 1. The van der Waals surface area contributed by atoms with Crippen molar-refractivity contribution in [3.05, 3.63) is 99.3 Å². The topological polar surface area (TPSA) is 50.4 Å². The maximum absolute atomic E-state index is 14.8. The second-order valence-corrected chi connectivity index (χ2v) is 9.85. The molecule has 1 saturated heterocycles. The molecule has 1 aliphatic heterocycles. The number of ether oxygens (including phenoxy) is 1. The summed E-state index contributed by atoms with van der Waals surface area (Å²) in [5.74, 6) is -0.728. The Kier molecular flexibility index (Phi) is 8.79. The highest BCUT2D eigenvalue weighted by Gasteiger charge is 2.22. The molecule has 4 nitrogen and oxygen atoms in total. The van der Waals surface area contributed by atoms with Crippen molar-refractivity contribution in [1.82, 2.24) is 5.32 Å². The highest BCUT2D eigenvalue weighted by atomic mass is 35.5. The fourth-order valence-electron chi connectivity index (χ4n) is 4.36. The number of nitrogens with one attached hydrogen (secondary N) is 2. The second kappa shape index (κ2) is 12.0. The third-order valence-corrected chi connectivity index (χ3v) is 6.82. The molecule has 3 aromatic rings. The first kappa shape index (κ1) is 25.6. The van der Waals surface area contributed by atoms with E-state index in [0.717, 1.165) is 17.7 Å². The van der Waals surface area contributed by atoms with E-state index in [1.807, 2.05) is 48.5 Å². The quantitative estimate of drug-likeness (QED) is 0.355. The van der Waals surface area contributed by atoms with Crippen molar-refractivity contribution < 1.29 is 13.9 Å². The lowest BCUT2D eigenvalue weighted by molar-refractivity contribution is -0.116. The van der Waals surface area contributed by atoms with Gasteiger partial charge in [-0.3, -0.25) is 4.79 Å². The Morgan fingerprint density at radius 3 is 2.26 bits per heavy atom. The minimum absolute atomic E-state index is 0.0218. The van der Waals surface area contributed by atoms with E-state index >= 15 is 0 Å². The van der Waals surface area contributed by atoms with Crippen LogP contribution in [0.15, 0.2) is 66.7 Å². The summed E-state index contributed by atoms with van der Waals surface area (Å²) < 4.78 is 20.6. The van der Waals surface area contributed by atoms with Gasteiger partial charge in [-0.25, -0.2) is 4.39 Å². The van der Waals surface area contributed by atoms with Crippen LogP contribution in [0.5, 0.6) is 0 Å². The van der Waals surface area contributed by atoms with Crippen LogP contribution < -0.4 is 10.6 Å². The van der Waals surface area contributed by atoms with Gasteiger partial charge in [-0.15, -0.1) is 0 Å². The number of rotatable bonds is 8. The van der Waals surface area contributed by atoms with Crippen LogP contribution in [-0.4, -0.2) is 31.2 Å². The average molecular weight is 515 g/mol. The van der Waals surface area contributed by atoms with Crippen molar-refractivity contribution in [3.8, 4) is 0 Å². The van der Waals surface area contributed by atoms with E-state index in [1.165, 1.54) is 6.07 Å². The van der Waals surface area contributed by atoms with E-state index in [4.69, 9.17) is 27.9 Å². The molecule has 0 aromatic heterocycles. The molecule has 0 unspecified atom stereocenters. The number of anilines is 1. The lowest BCUT2D eigenvalue weighted by atomic mass is 9.88. The van der Waals surface area contributed by atoms with Crippen LogP contribution in [-0.2, 0) is 16.0 Å². The molecule has 0 spiro atoms. The molecule has 184 valence electrons. The van der Waals surface area contributed by atoms with Gasteiger partial charge in [-0.1, -0.05) is 53.5 Å². The average Bonchev–Trinajstić information content (AvgIpc) is 2.84. The zero-order valence-corrected chi connectivity index (χ0v) is 21.1. The predicted octanol–water partition coefficient (Wildman–Crippen LogP) is 6.60. The number of amides is 1. The van der Waals surface area contributed by atoms with Crippen LogP contribution in [0.25, 0.3) is 0 Å². The number of hydrogen-bond donors (Lipinski definition) is 2. The first-order valence-corrected chi connectivity index (χ1v) is 12.6. The Labute approximate surface area is 215 Å². The molecule has 0 radical (unpaired) electrons. The second-order valence-electron chi connectivity index (χ2n) is 8.98. The van der Waals surface area contributed by atoms with E-state index in [-0.39, 0.29) is 30.2 Å². The summed E-state index contributed by atoms with van der Waals surface area (Å²) in [6, 6.07) is 20.0. The van der Waals surface area contributed by atoms with Gasteiger partial charge in [-0.2, -0.15) is 0 Å². The molecule has 7 heteroatoms. The molecule has 4 rings (SSSR count). The molecular formula is C28H29Cl2FN2O2. The van der Waals surface area contributed by atoms with Crippen molar-refractivity contribution in [2.45, 2.75) is 44.2 Å². The first-order chi connectivity index (χ1) is 16.9. The summed E-state index contributed by atoms with van der Waals surface area (Å²) in [5, 5.41) is 7.59. The van der Waals surface area contributed by atoms with Crippen LogP contribution >= 0.6 is 23.2 Å². The van der Waals surface area contributed by atoms with Gasteiger partial charge in [0.1, 0.15) is 5.82 Å². The first-order valence-electron chi connectivity index (χ1n) is 11.8. The minimum Gasteiger partial charge on any atom is -0.375 e. The molecule has 1 amide bonds. The third-order valence-electron chi connectivity index (χ3n) is 6.32. The van der Waals surface area contributed by atoms with Gasteiger partial charge in [0.2, 0.25) is 5.91 Å². The summed E-state index contributed by atoms with van der Waals surface area (Å²) in [4.78, 5) is 13.2. The lowest BCUT2D eigenvalue weighted by Crippen LogP contribution is -2.44. The monoisotopic (exact) mass is 514 g/mol. The van der Waals surface area contributed by atoms with Crippen molar-refractivity contribution in [2.75, 3.05) is 18.5 Å². The number of morpholine rings is 1. The normalized spacial score (nSPS) is 18.0. The van der Waals surface area contributed by atoms with Gasteiger partial charge in [-0.05, 0) is 67.3 Å². The molecule has 0 bridgehead atoms. The van der Waals surface area contributed by atoms with Crippen LogP contribution in [0.2, 0.25) is 10.0 Å². The van der Waals surface area contributed by atoms with Crippen molar-refractivity contribution in [3.63, 3.8) is 0 Å². The van der Waals surface area contributed by atoms with Crippen molar-refractivity contribution in [1.29, 1.82) is 0 Å². The Bertz CT molecular complexity index is 1090. The highest BCUT2D eigenvalue weighted by molar-refractivity contribution is 6.30. The van der Waals surface area contributed by atoms with Crippen molar-refractivity contribution >= 4 is 34.8 Å². The Morgan fingerprint density at radius 2 is 1.69 bits per heavy atom. The predicted molar refractivity (Wildman–Crippen MR) is 140 cm³/mol. The molecule has 2 atom stereocenters. The largest absolute Gasteiger partial charge is 0.375 e. The summed E-state index contributed by atoms with van der Waals surface area (Å²) in [7, 11) is 0. The number of carbonyl (C=O) groups is 1. The smallest absolute Gasteiger partial charge is 0.225 e. The van der Waals surface area contributed by atoms with Gasteiger partial charge in [0.05, 0.1) is 12.7 Å². The van der Waals surface area contributed by atoms with Gasteiger partial charge in [0.25, 0.3) is 0 Å². The Morgan fingerprint density at radius 1 is 1.06 bits per heavy atom. The van der Waals surface area contributed by atoms with E-state index in [2.05, 4.69) is 17.6 Å². The molecule has 35 heavy (non-hydrogen) atoms. The molecule has 1 aliphatic rings. The lowest BCUT2D eigenvalue weighted by Gasteiger charge is -2.28. The zero-order chi connectivity index (χ0) is 24.8. The van der Waals surface area contributed by atoms with E-state index in [0.29, 0.717) is 46.8 Å². The van der Waals surface area contributed by atoms with Gasteiger partial charge >= 0.3 is 0 Å². The van der Waals surface area contributed by atoms with E-state index in [1.54, 1.807) is 12.1 Å². The van der Waals surface area contributed by atoms with Crippen LogP contribution in [0.4, 0.5) is 10.1 Å². The third kappa shape index (κ3) is 7.05. The fraction of sp³-hybridized carbons (Fsp3) is 0.321. The Hall–Kier alpha value is -2.44. The molecule has 1 heterocycles. The SMILES string of the molecule is C[C@@H]1CO[C@H](CCc2c(F)cccc2NC(=O)CC(c2ccc(Cl)cc2)c2ccc(Cl)cc2)CN1. The summed E-state index contributed by atoms with van der Waals surface area (Å²) >= 11 is 12.2. The molecule has 0 saturated carbocycles. The van der Waals surface area contributed by atoms with Crippen molar-refractivity contribution in [2.24, 2.45) is 0 Å². The minimum atomic E-state index is -0.327. The van der Waals surface area contributed by atoms with E-state index < -0.39 is 0 Å². The molecule has 0 aliphatic carbocycles. The number of hydrogen-bond acceptors (Lipinski definition) is 3. The van der Waals surface area contributed by atoms with E-state index in [9.17, 15) is 9.18 Å².